The monoisotopic (exact) mass is 361 g/mol. The summed E-state index contributed by atoms with van der Waals surface area (Å²) in [4.78, 5) is 23.9. The van der Waals surface area contributed by atoms with Gasteiger partial charge >= 0.3 is 5.97 Å². The lowest BCUT2D eigenvalue weighted by Crippen LogP contribution is -2.20. The van der Waals surface area contributed by atoms with Gasteiger partial charge in [0.1, 0.15) is 5.75 Å². The van der Waals surface area contributed by atoms with Gasteiger partial charge in [0.05, 0.1) is 12.2 Å². The fourth-order valence-electron chi connectivity index (χ4n) is 1.99. The lowest BCUT2D eigenvalue weighted by atomic mass is 10.2. The van der Waals surface area contributed by atoms with Crippen LogP contribution in [0.2, 0.25) is 5.02 Å². The Morgan fingerprint density at radius 1 is 1.12 bits per heavy atom. The number of carbonyl (C=O) groups excluding carboxylic acids is 2. The Balaban J connectivity index is 1.86. The van der Waals surface area contributed by atoms with Crippen LogP contribution in [0.1, 0.15) is 30.1 Å². The topological polar surface area (TPSA) is 64.6 Å². The van der Waals surface area contributed by atoms with Gasteiger partial charge in [-0.15, -0.1) is 0 Å². The molecular formula is C19H20ClNO4. The molecule has 1 N–H and O–H groups in total. The van der Waals surface area contributed by atoms with Crippen LogP contribution in [0.4, 0.5) is 5.69 Å². The maximum atomic E-state index is 12.0. The van der Waals surface area contributed by atoms with E-state index in [1.54, 1.807) is 48.5 Å². The maximum absolute atomic E-state index is 12.0. The number of amides is 1. The van der Waals surface area contributed by atoms with Gasteiger partial charge in [-0.1, -0.05) is 31.0 Å². The number of hydrogen-bond donors (Lipinski definition) is 1. The molecule has 25 heavy (non-hydrogen) atoms. The summed E-state index contributed by atoms with van der Waals surface area (Å²) in [6.45, 7) is 2.27. The number of hydrogen-bond acceptors (Lipinski definition) is 4. The van der Waals surface area contributed by atoms with Crippen LogP contribution in [0.3, 0.4) is 0 Å². The summed E-state index contributed by atoms with van der Waals surface area (Å²) in [5.41, 5.74) is 0.905. The van der Waals surface area contributed by atoms with Crippen molar-refractivity contribution in [1.29, 1.82) is 0 Å². The largest absolute Gasteiger partial charge is 0.484 e. The number of halogens is 1. The summed E-state index contributed by atoms with van der Waals surface area (Å²) in [5, 5.41) is 3.29. The van der Waals surface area contributed by atoms with E-state index in [0.717, 1.165) is 12.8 Å². The molecule has 2 aromatic carbocycles. The Morgan fingerprint density at radius 2 is 1.88 bits per heavy atom. The average Bonchev–Trinajstić information content (AvgIpc) is 2.61. The standard InChI is InChI=1S/C19H20ClNO4/c1-2-3-11-24-19(23)14-5-4-6-16(12-14)21-18(22)13-25-17-9-7-15(20)8-10-17/h4-10,12H,2-3,11,13H2,1H3,(H,21,22). The van der Waals surface area contributed by atoms with Gasteiger partial charge in [-0.25, -0.2) is 4.79 Å². The fraction of sp³-hybridized carbons (Fsp3) is 0.263. The molecule has 1 amide bonds. The van der Waals surface area contributed by atoms with Crippen LogP contribution in [0.25, 0.3) is 0 Å². The van der Waals surface area contributed by atoms with Crippen molar-refractivity contribution < 1.29 is 19.1 Å². The maximum Gasteiger partial charge on any atom is 0.338 e. The quantitative estimate of drug-likeness (QED) is 0.562. The first-order chi connectivity index (χ1) is 12.1. The molecule has 0 atom stereocenters. The van der Waals surface area contributed by atoms with Crippen molar-refractivity contribution in [3.05, 3.63) is 59.1 Å². The zero-order chi connectivity index (χ0) is 18.1. The lowest BCUT2D eigenvalue weighted by molar-refractivity contribution is -0.118. The van der Waals surface area contributed by atoms with Crippen LogP contribution in [0.15, 0.2) is 48.5 Å². The minimum atomic E-state index is -0.401. The summed E-state index contributed by atoms with van der Waals surface area (Å²) < 4.78 is 10.5. The average molecular weight is 362 g/mol. The fourth-order valence-corrected chi connectivity index (χ4v) is 2.12. The Hall–Kier alpha value is -2.53. The molecule has 6 heteroatoms. The van der Waals surface area contributed by atoms with Gasteiger partial charge < -0.3 is 14.8 Å². The van der Waals surface area contributed by atoms with Crippen molar-refractivity contribution in [1.82, 2.24) is 0 Å². The van der Waals surface area contributed by atoms with E-state index < -0.39 is 5.97 Å². The molecular weight excluding hydrogens is 342 g/mol. The van der Waals surface area contributed by atoms with E-state index in [9.17, 15) is 9.59 Å². The number of esters is 1. The van der Waals surface area contributed by atoms with E-state index in [1.165, 1.54) is 0 Å². The molecule has 0 saturated heterocycles. The van der Waals surface area contributed by atoms with Gasteiger partial charge in [0.2, 0.25) is 0 Å². The van der Waals surface area contributed by atoms with Gasteiger partial charge in [0.25, 0.3) is 5.91 Å². The summed E-state index contributed by atoms with van der Waals surface area (Å²) in [6.07, 6.45) is 1.78. The summed E-state index contributed by atoms with van der Waals surface area (Å²) in [5.74, 6) is -0.179. The molecule has 0 aliphatic heterocycles. The van der Waals surface area contributed by atoms with Gasteiger partial charge in [-0.3, -0.25) is 4.79 Å². The predicted octanol–water partition coefficient (Wildman–Crippen LogP) is 4.31. The first-order valence-corrected chi connectivity index (χ1v) is 8.41. The van der Waals surface area contributed by atoms with Crippen LogP contribution >= 0.6 is 11.6 Å². The van der Waals surface area contributed by atoms with Crippen molar-refractivity contribution in [2.75, 3.05) is 18.5 Å². The second-order valence-corrected chi connectivity index (χ2v) is 5.80. The van der Waals surface area contributed by atoms with Gasteiger partial charge in [-0.05, 0) is 48.9 Å². The third-order valence-electron chi connectivity index (χ3n) is 3.30. The van der Waals surface area contributed by atoms with Crippen molar-refractivity contribution in [2.24, 2.45) is 0 Å². The van der Waals surface area contributed by atoms with Crippen LogP contribution in [0, 0.1) is 0 Å². The zero-order valence-electron chi connectivity index (χ0n) is 14.0. The Morgan fingerprint density at radius 3 is 2.60 bits per heavy atom. The molecule has 0 unspecified atom stereocenters. The highest BCUT2D eigenvalue weighted by Gasteiger charge is 2.09. The van der Waals surface area contributed by atoms with E-state index in [2.05, 4.69) is 5.32 Å². The third-order valence-corrected chi connectivity index (χ3v) is 3.55. The number of carbonyl (C=O) groups is 2. The second-order valence-electron chi connectivity index (χ2n) is 5.36. The molecule has 0 aliphatic rings. The van der Waals surface area contributed by atoms with E-state index in [4.69, 9.17) is 21.1 Å². The Bertz CT molecular complexity index is 716. The van der Waals surface area contributed by atoms with Crippen LogP contribution < -0.4 is 10.1 Å². The Labute approximate surface area is 151 Å². The molecule has 2 rings (SSSR count). The molecule has 0 fully saturated rings. The van der Waals surface area contributed by atoms with Gasteiger partial charge in [0, 0.05) is 10.7 Å². The molecule has 0 saturated carbocycles. The summed E-state index contributed by atoms with van der Waals surface area (Å²) in [6, 6.07) is 13.3. The third kappa shape index (κ3) is 6.47. The first kappa shape index (κ1) is 18.8. The second kappa shape index (κ2) is 9.69. The van der Waals surface area contributed by atoms with Crippen molar-refractivity contribution in [3.8, 4) is 5.75 Å². The minimum Gasteiger partial charge on any atom is -0.484 e. The molecule has 132 valence electrons. The number of ether oxygens (including phenoxy) is 2. The van der Waals surface area contributed by atoms with Crippen molar-refractivity contribution >= 4 is 29.2 Å². The van der Waals surface area contributed by atoms with Crippen molar-refractivity contribution in [2.45, 2.75) is 19.8 Å². The highest BCUT2D eigenvalue weighted by molar-refractivity contribution is 6.30. The van der Waals surface area contributed by atoms with E-state index in [-0.39, 0.29) is 12.5 Å². The summed E-state index contributed by atoms with van der Waals surface area (Å²) in [7, 11) is 0. The predicted molar refractivity (Wildman–Crippen MR) is 97.2 cm³/mol. The van der Waals surface area contributed by atoms with Crippen LogP contribution in [-0.4, -0.2) is 25.1 Å². The number of unbranched alkanes of at least 4 members (excludes halogenated alkanes) is 1. The van der Waals surface area contributed by atoms with E-state index in [1.807, 2.05) is 6.92 Å². The normalized spacial score (nSPS) is 10.2. The van der Waals surface area contributed by atoms with Gasteiger partial charge in [0.15, 0.2) is 6.61 Å². The SMILES string of the molecule is CCCCOC(=O)c1cccc(NC(=O)COc2ccc(Cl)cc2)c1. The van der Waals surface area contributed by atoms with E-state index in [0.29, 0.717) is 28.6 Å². The first-order valence-electron chi connectivity index (χ1n) is 8.04. The molecule has 5 nitrogen and oxygen atoms in total. The number of nitrogens with one attached hydrogen (secondary N) is 1. The highest BCUT2D eigenvalue weighted by Crippen LogP contribution is 2.16. The minimum absolute atomic E-state index is 0.146. The van der Waals surface area contributed by atoms with Gasteiger partial charge in [-0.2, -0.15) is 0 Å². The number of anilines is 1. The summed E-state index contributed by atoms with van der Waals surface area (Å²) >= 11 is 5.79. The molecule has 0 heterocycles. The molecule has 0 radical (unpaired) electrons. The molecule has 0 aromatic heterocycles. The zero-order valence-corrected chi connectivity index (χ0v) is 14.7. The molecule has 0 bridgehead atoms. The number of benzene rings is 2. The smallest absolute Gasteiger partial charge is 0.338 e. The van der Waals surface area contributed by atoms with Crippen LogP contribution in [-0.2, 0) is 9.53 Å². The van der Waals surface area contributed by atoms with Crippen LogP contribution in [0.5, 0.6) is 5.75 Å². The molecule has 0 aliphatic carbocycles. The Kier molecular flexibility index (Phi) is 7.29. The molecule has 2 aromatic rings. The van der Waals surface area contributed by atoms with E-state index >= 15 is 0 Å². The number of rotatable bonds is 8. The lowest BCUT2D eigenvalue weighted by Gasteiger charge is -2.09. The van der Waals surface area contributed by atoms with Crippen molar-refractivity contribution in [3.63, 3.8) is 0 Å². The molecule has 0 spiro atoms. The highest BCUT2D eigenvalue weighted by atomic mass is 35.5.